The summed E-state index contributed by atoms with van der Waals surface area (Å²) >= 11 is 0. The van der Waals surface area contributed by atoms with Crippen molar-refractivity contribution in [2.24, 2.45) is 29.6 Å². The van der Waals surface area contributed by atoms with E-state index in [-0.39, 0.29) is 43.3 Å². The molecule has 0 aromatic rings. The topological polar surface area (TPSA) is 0 Å². The first-order valence-electron chi connectivity index (χ1n) is 4.55. The van der Waals surface area contributed by atoms with Crippen molar-refractivity contribution >= 4 is 0 Å². The Morgan fingerprint density at radius 1 is 0.429 bits per heavy atom. The average molecular weight is 380 g/mol. The van der Waals surface area contributed by atoms with Gasteiger partial charge in [-0.1, -0.05) is 34.6 Å². The summed E-state index contributed by atoms with van der Waals surface area (Å²) in [6.07, 6.45) is 0. The van der Waals surface area contributed by atoms with Gasteiger partial charge in [-0.15, -0.1) is 0 Å². The normalized spacial score (nSPS) is 39.6. The first kappa shape index (κ1) is 24.1. The van der Waals surface area contributed by atoms with Crippen molar-refractivity contribution < 1.29 is 21.1 Å². The van der Waals surface area contributed by atoms with E-state index in [2.05, 4.69) is 34.6 Å². The second-order valence-corrected chi connectivity index (χ2v) is 4.30. The van der Waals surface area contributed by atoms with Gasteiger partial charge in [-0.25, -0.2) is 0 Å². The fourth-order valence-electron chi connectivity index (χ4n) is 2.39. The molecule has 1 aliphatic rings. The Morgan fingerprint density at radius 2 is 0.500 bits per heavy atom. The molecule has 1 fully saturated rings. The second kappa shape index (κ2) is 8.95. The van der Waals surface area contributed by atoms with E-state index in [4.69, 9.17) is 0 Å². The van der Waals surface area contributed by atoms with Crippen LogP contribution in [-0.2, 0) is 21.1 Å². The number of rotatable bonds is 0. The molecule has 0 spiro atoms. The molecule has 0 heterocycles. The van der Waals surface area contributed by atoms with E-state index >= 15 is 0 Å². The molecule has 0 bridgehead atoms. The van der Waals surface area contributed by atoms with Crippen molar-refractivity contribution in [3.05, 3.63) is 22.3 Å². The molecule has 1 rings (SSSR count). The molecule has 0 aromatic heterocycles. The maximum Gasteiger partial charge on any atom is 0 e. The molecule has 0 aliphatic heterocycles. The average Bonchev–Trinajstić information content (AvgIpc) is 2.07. The zero-order valence-corrected chi connectivity index (χ0v) is 13.5. The van der Waals surface area contributed by atoms with Crippen LogP contribution in [0.4, 0.5) is 0 Å². The van der Waals surface area contributed by atoms with Crippen LogP contribution in [0.2, 0.25) is 0 Å². The van der Waals surface area contributed by atoms with Gasteiger partial charge >= 0.3 is 0 Å². The molecular weight excluding hydrogens is 351 g/mol. The van der Waals surface area contributed by atoms with Crippen molar-refractivity contribution in [3.63, 3.8) is 0 Å². The van der Waals surface area contributed by atoms with Crippen molar-refractivity contribution in [1.29, 1.82) is 0 Å². The molecule has 1 heteroatoms. The minimum atomic E-state index is 0. The molecule has 0 amide bonds. The molecular formula is C13H29Pt-3. The van der Waals surface area contributed by atoms with Crippen LogP contribution < -0.4 is 0 Å². The van der Waals surface area contributed by atoms with Crippen LogP contribution in [-0.4, -0.2) is 0 Å². The van der Waals surface area contributed by atoms with Crippen molar-refractivity contribution in [3.8, 4) is 0 Å². The third-order valence-corrected chi connectivity index (χ3v) is 4.15. The van der Waals surface area contributed by atoms with E-state index in [9.17, 15) is 0 Å². The van der Waals surface area contributed by atoms with Gasteiger partial charge in [-0.3, -0.25) is 0 Å². The van der Waals surface area contributed by atoms with Crippen LogP contribution in [0.3, 0.4) is 0 Å². The summed E-state index contributed by atoms with van der Waals surface area (Å²) < 4.78 is 0. The summed E-state index contributed by atoms with van der Waals surface area (Å²) in [5.41, 5.74) is 0. The van der Waals surface area contributed by atoms with Crippen LogP contribution in [0.1, 0.15) is 34.6 Å². The van der Waals surface area contributed by atoms with E-state index in [0.29, 0.717) is 0 Å². The van der Waals surface area contributed by atoms with Gasteiger partial charge in [0.15, 0.2) is 0 Å². The molecule has 0 radical (unpaired) electrons. The van der Waals surface area contributed by atoms with Crippen molar-refractivity contribution in [2.75, 3.05) is 0 Å². The summed E-state index contributed by atoms with van der Waals surface area (Å²) in [5.74, 6) is 4.68. The molecule has 0 N–H and O–H groups in total. The molecule has 0 unspecified atom stereocenters. The van der Waals surface area contributed by atoms with Crippen LogP contribution in [0.25, 0.3) is 0 Å². The first-order chi connectivity index (χ1) is 4.55. The summed E-state index contributed by atoms with van der Waals surface area (Å²) in [7, 11) is 0. The van der Waals surface area contributed by atoms with Crippen LogP contribution in [0.5, 0.6) is 0 Å². The Bertz CT molecular complexity index is 77.6. The first-order valence-corrected chi connectivity index (χ1v) is 4.55. The largest absolute Gasteiger partial charge is 0.358 e. The maximum atomic E-state index is 2.40. The predicted octanol–water partition coefficient (Wildman–Crippen LogP) is 4.53. The van der Waals surface area contributed by atoms with Gasteiger partial charge in [-0.05, 0) is 29.6 Å². The number of hydrogen-bond acceptors (Lipinski definition) is 0. The molecule has 1 aliphatic carbocycles. The van der Waals surface area contributed by atoms with Crippen molar-refractivity contribution in [2.45, 2.75) is 34.6 Å². The van der Waals surface area contributed by atoms with E-state index < -0.39 is 0 Å². The summed E-state index contributed by atoms with van der Waals surface area (Å²) in [6, 6.07) is 0. The fraction of sp³-hybridized carbons (Fsp3) is 0.769. The zero-order chi connectivity index (χ0) is 7.89. The molecule has 0 saturated heterocycles. The maximum absolute atomic E-state index is 2.40. The zero-order valence-electron chi connectivity index (χ0n) is 11.2. The summed E-state index contributed by atoms with van der Waals surface area (Å²) in [4.78, 5) is 0. The van der Waals surface area contributed by atoms with E-state index in [1.165, 1.54) is 0 Å². The van der Waals surface area contributed by atoms with E-state index in [0.717, 1.165) is 29.6 Å². The van der Waals surface area contributed by atoms with E-state index in [1.54, 1.807) is 0 Å². The molecule has 14 heavy (non-hydrogen) atoms. The van der Waals surface area contributed by atoms with Crippen LogP contribution in [0, 0.1) is 51.9 Å². The third-order valence-electron chi connectivity index (χ3n) is 4.15. The van der Waals surface area contributed by atoms with E-state index in [1.807, 2.05) is 0 Å². The van der Waals surface area contributed by atoms with Gasteiger partial charge in [0.1, 0.15) is 0 Å². The number of hydrogen-bond donors (Lipinski definition) is 0. The van der Waals surface area contributed by atoms with Gasteiger partial charge in [0, 0.05) is 21.1 Å². The van der Waals surface area contributed by atoms with Gasteiger partial charge in [0.25, 0.3) is 0 Å². The second-order valence-electron chi connectivity index (χ2n) is 4.30. The predicted molar refractivity (Wildman–Crippen MR) is 65.1 cm³/mol. The Balaban J connectivity index is -0.000000125. The van der Waals surface area contributed by atoms with Gasteiger partial charge < -0.3 is 22.3 Å². The Morgan fingerprint density at radius 3 is 0.571 bits per heavy atom. The third kappa shape index (κ3) is 4.05. The standard InChI is InChI=1S/C10H20.3CH3.Pt/c1-6-7(2)9(4)10(5)8(6)3;;;;/h6-10H,1-5H3;3*1H3;/q;3*-1;. The molecule has 94 valence electrons. The van der Waals surface area contributed by atoms with Gasteiger partial charge in [0.05, 0.1) is 0 Å². The Hall–Kier alpha value is 0.688. The Labute approximate surface area is 108 Å². The molecule has 0 nitrogen and oxygen atoms in total. The summed E-state index contributed by atoms with van der Waals surface area (Å²) in [5, 5.41) is 0. The van der Waals surface area contributed by atoms with Crippen molar-refractivity contribution in [1.82, 2.24) is 0 Å². The monoisotopic (exact) mass is 380 g/mol. The molecule has 0 aromatic carbocycles. The van der Waals surface area contributed by atoms with Gasteiger partial charge in [0.2, 0.25) is 0 Å². The molecule has 1 saturated carbocycles. The van der Waals surface area contributed by atoms with Crippen LogP contribution >= 0.6 is 0 Å². The quantitative estimate of drug-likeness (QED) is 0.542. The van der Waals surface area contributed by atoms with Gasteiger partial charge in [-0.2, -0.15) is 0 Å². The molecule has 0 atom stereocenters. The minimum absolute atomic E-state index is 0. The minimum Gasteiger partial charge on any atom is -0.358 e. The Kier molecular flexibility index (Phi) is 15.4. The summed E-state index contributed by atoms with van der Waals surface area (Å²) in [6.45, 7) is 12.0. The SMILES string of the molecule is CC1C(C)C(C)C(C)C1C.[CH3-].[CH3-].[CH3-].[Pt]. The smallest absolute Gasteiger partial charge is 0 e. The fourth-order valence-corrected chi connectivity index (χ4v) is 2.39. The van der Waals surface area contributed by atoms with Crippen LogP contribution in [0.15, 0.2) is 0 Å².